The SMILES string of the molecule is CNC(=O)c1ccc(N2CCC(Nc3ccnc(Nc4nccs4)c3)CC2)c(C)n1. The molecular formula is C21H25N7OS. The topological polar surface area (TPSA) is 95.1 Å². The van der Waals surface area contributed by atoms with Crippen molar-refractivity contribution in [1.82, 2.24) is 20.3 Å². The lowest BCUT2D eigenvalue weighted by atomic mass is 10.0. The predicted octanol–water partition coefficient (Wildman–Crippen LogP) is 3.43. The molecule has 0 aliphatic carbocycles. The van der Waals surface area contributed by atoms with E-state index in [0.717, 1.165) is 53.9 Å². The number of pyridine rings is 2. The van der Waals surface area contributed by atoms with Crippen LogP contribution in [0.1, 0.15) is 29.0 Å². The molecule has 3 aromatic heterocycles. The maximum Gasteiger partial charge on any atom is 0.269 e. The molecule has 1 aliphatic rings. The maximum absolute atomic E-state index is 11.8. The van der Waals surface area contributed by atoms with Crippen molar-refractivity contribution in [2.24, 2.45) is 0 Å². The van der Waals surface area contributed by atoms with Crippen molar-refractivity contribution in [2.45, 2.75) is 25.8 Å². The maximum atomic E-state index is 11.8. The van der Waals surface area contributed by atoms with Crippen molar-refractivity contribution in [3.8, 4) is 0 Å². The highest BCUT2D eigenvalue weighted by Gasteiger charge is 2.21. The number of anilines is 4. The second-order valence-corrected chi connectivity index (χ2v) is 8.07. The molecule has 156 valence electrons. The summed E-state index contributed by atoms with van der Waals surface area (Å²) in [4.78, 5) is 27.2. The van der Waals surface area contributed by atoms with Gasteiger partial charge in [-0.1, -0.05) is 0 Å². The van der Waals surface area contributed by atoms with E-state index in [9.17, 15) is 4.79 Å². The molecule has 0 spiro atoms. The fourth-order valence-electron chi connectivity index (χ4n) is 3.63. The number of rotatable bonds is 6. The quantitative estimate of drug-likeness (QED) is 0.559. The smallest absolute Gasteiger partial charge is 0.269 e. The van der Waals surface area contributed by atoms with Crippen LogP contribution in [0.15, 0.2) is 42.0 Å². The molecule has 0 unspecified atom stereocenters. The monoisotopic (exact) mass is 423 g/mol. The third-order valence-electron chi connectivity index (χ3n) is 5.15. The van der Waals surface area contributed by atoms with Crippen LogP contribution in [0.5, 0.6) is 0 Å². The van der Waals surface area contributed by atoms with Gasteiger partial charge >= 0.3 is 0 Å². The molecule has 3 N–H and O–H groups in total. The molecule has 1 fully saturated rings. The van der Waals surface area contributed by atoms with Crippen LogP contribution in [0.4, 0.5) is 22.3 Å². The normalized spacial score (nSPS) is 14.4. The van der Waals surface area contributed by atoms with Crippen molar-refractivity contribution >= 4 is 39.6 Å². The Kier molecular flexibility index (Phi) is 6.08. The fraction of sp³-hybridized carbons (Fsp3) is 0.333. The van der Waals surface area contributed by atoms with Gasteiger partial charge in [0.05, 0.1) is 11.4 Å². The first kappa shape index (κ1) is 20.1. The van der Waals surface area contributed by atoms with Gasteiger partial charge in [-0.05, 0) is 38.0 Å². The van der Waals surface area contributed by atoms with Gasteiger partial charge in [-0.25, -0.2) is 15.0 Å². The molecule has 1 aliphatic heterocycles. The Balaban J connectivity index is 1.34. The van der Waals surface area contributed by atoms with Crippen LogP contribution in [0.25, 0.3) is 0 Å². The average Bonchev–Trinajstić information content (AvgIpc) is 3.27. The minimum Gasteiger partial charge on any atom is -0.382 e. The molecule has 8 nitrogen and oxygen atoms in total. The van der Waals surface area contributed by atoms with Gasteiger partial charge in [0.15, 0.2) is 5.13 Å². The zero-order chi connectivity index (χ0) is 20.9. The van der Waals surface area contributed by atoms with E-state index in [2.05, 4.69) is 35.8 Å². The molecule has 4 heterocycles. The third kappa shape index (κ3) is 4.68. The molecule has 9 heteroatoms. The zero-order valence-corrected chi connectivity index (χ0v) is 17.9. The molecule has 0 saturated carbocycles. The Morgan fingerprint density at radius 2 is 2.00 bits per heavy atom. The van der Waals surface area contributed by atoms with Gasteiger partial charge < -0.3 is 20.9 Å². The number of nitrogens with zero attached hydrogens (tertiary/aromatic N) is 4. The summed E-state index contributed by atoms with van der Waals surface area (Å²) in [6.07, 6.45) is 5.62. The fourth-order valence-corrected chi connectivity index (χ4v) is 4.16. The lowest BCUT2D eigenvalue weighted by Crippen LogP contribution is -2.39. The molecule has 0 bridgehead atoms. The van der Waals surface area contributed by atoms with Gasteiger partial charge in [0, 0.05) is 55.7 Å². The first-order chi connectivity index (χ1) is 14.6. The van der Waals surface area contributed by atoms with Crippen molar-refractivity contribution < 1.29 is 4.79 Å². The first-order valence-corrected chi connectivity index (χ1v) is 10.8. The van der Waals surface area contributed by atoms with Crippen LogP contribution in [-0.2, 0) is 0 Å². The summed E-state index contributed by atoms with van der Waals surface area (Å²) in [7, 11) is 1.62. The molecule has 0 atom stereocenters. The van der Waals surface area contributed by atoms with Crippen molar-refractivity contribution in [3.05, 3.63) is 53.4 Å². The molecular weight excluding hydrogens is 398 g/mol. The number of amides is 1. The average molecular weight is 424 g/mol. The van der Waals surface area contributed by atoms with E-state index in [0.29, 0.717) is 11.7 Å². The molecule has 30 heavy (non-hydrogen) atoms. The van der Waals surface area contributed by atoms with Gasteiger partial charge in [0.2, 0.25) is 0 Å². The van der Waals surface area contributed by atoms with Crippen molar-refractivity contribution in [2.75, 3.05) is 35.7 Å². The summed E-state index contributed by atoms with van der Waals surface area (Å²) < 4.78 is 0. The summed E-state index contributed by atoms with van der Waals surface area (Å²) in [6, 6.07) is 8.19. The van der Waals surface area contributed by atoms with E-state index in [1.165, 1.54) is 0 Å². The summed E-state index contributed by atoms with van der Waals surface area (Å²) in [6.45, 7) is 3.84. The summed E-state index contributed by atoms with van der Waals surface area (Å²) in [5.74, 6) is 0.624. The minimum atomic E-state index is -0.159. The number of thiazole rings is 1. The lowest BCUT2D eigenvalue weighted by Gasteiger charge is -2.35. The number of aromatic nitrogens is 3. The van der Waals surface area contributed by atoms with E-state index in [-0.39, 0.29) is 5.91 Å². The summed E-state index contributed by atoms with van der Waals surface area (Å²) >= 11 is 1.55. The van der Waals surface area contributed by atoms with Crippen molar-refractivity contribution in [1.29, 1.82) is 0 Å². The van der Waals surface area contributed by atoms with E-state index < -0.39 is 0 Å². The van der Waals surface area contributed by atoms with Gasteiger partial charge in [-0.15, -0.1) is 11.3 Å². The number of nitrogens with one attached hydrogen (secondary N) is 3. The van der Waals surface area contributed by atoms with Crippen LogP contribution < -0.4 is 20.9 Å². The van der Waals surface area contributed by atoms with E-state index >= 15 is 0 Å². The zero-order valence-electron chi connectivity index (χ0n) is 17.1. The molecule has 0 radical (unpaired) electrons. The number of carbonyl (C=O) groups is 1. The standard InChI is InChI=1S/C21H25N7OS/c1-14-18(4-3-17(25-14)20(29)22-2)28-10-6-15(7-11-28)26-16-5-8-23-19(13-16)27-21-24-9-12-30-21/h3-5,8-9,12-13,15H,6-7,10-11H2,1-2H3,(H,22,29)(H2,23,24,26,27). The second-order valence-electron chi connectivity index (χ2n) is 7.18. The number of piperidine rings is 1. The Morgan fingerprint density at radius 3 is 2.70 bits per heavy atom. The van der Waals surface area contributed by atoms with Crippen LogP contribution in [0.3, 0.4) is 0 Å². The number of hydrogen-bond acceptors (Lipinski definition) is 8. The predicted molar refractivity (Wildman–Crippen MR) is 121 cm³/mol. The Hall–Kier alpha value is -3.20. The Morgan fingerprint density at radius 1 is 1.17 bits per heavy atom. The third-order valence-corrected chi connectivity index (χ3v) is 5.84. The largest absolute Gasteiger partial charge is 0.382 e. The van der Waals surface area contributed by atoms with Crippen LogP contribution in [0, 0.1) is 6.92 Å². The summed E-state index contributed by atoms with van der Waals surface area (Å²) in [5, 5.41) is 12.2. The van der Waals surface area contributed by atoms with E-state index in [1.807, 2.05) is 30.5 Å². The molecule has 1 saturated heterocycles. The minimum absolute atomic E-state index is 0.159. The number of aryl methyl sites for hydroxylation is 1. The van der Waals surface area contributed by atoms with Gasteiger partial charge in [-0.3, -0.25) is 4.79 Å². The van der Waals surface area contributed by atoms with Crippen LogP contribution in [-0.4, -0.2) is 47.0 Å². The van der Waals surface area contributed by atoms with Gasteiger partial charge in [0.25, 0.3) is 5.91 Å². The highest BCUT2D eigenvalue weighted by atomic mass is 32.1. The summed E-state index contributed by atoms with van der Waals surface area (Å²) in [5.41, 5.74) is 3.49. The number of hydrogen-bond donors (Lipinski definition) is 3. The highest BCUT2D eigenvalue weighted by Crippen LogP contribution is 2.25. The Labute approximate surface area is 179 Å². The van der Waals surface area contributed by atoms with Crippen molar-refractivity contribution in [3.63, 3.8) is 0 Å². The first-order valence-electron chi connectivity index (χ1n) is 9.96. The van der Waals surface area contributed by atoms with Crippen LogP contribution >= 0.6 is 11.3 Å². The lowest BCUT2D eigenvalue weighted by molar-refractivity contribution is 0.0958. The molecule has 3 aromatic rings. The van der Waals surface area contributed by atoms with Gasteiger partial charge in [-0.2, -0.15) is 0 Å². The van der Waals surface area contributed by atoms with Crippen LogP contribution in [0.2, 0.25) is 0 Å². The van der Waals surface area contributed by atoms with E-state index in [4.69, 9.17) is 0 Å². The molecule has 1 amide bonds. The van der Waals surface area contributed by atoms with Gasteiger partial charge in [0.1, 0.15) is 11.5 Å². The molecule has 4 rings (SSSR count). The van der Waals surface area contributed by atoms with E-state index in [1.54, 1.807) is 36.8 Å². The highest BCUT2D eigenvalue weighted by molar-refractivity contribution is 7.13. The second kappa shape index (κ2) is 9.08. The Bertz CT molecular complexity index is 1000. The molecule has 0 aromatic carbocycles. The number of carbonyl (C=O) groups excluding carboxylic acids is 1.